The van der Waals surface area contributed by atoms with Crippen LogP contribution >= 0.6 is 0 Å². The highest BCUT2D eigenvalue weighted by molar-refractivity contribution is 5.79. The minimum absolute atomic E-state index is 0.0340. The van der Waals surface area contributed by atoms with Gasteiger partial charge < -0.3 is 9.64 Å². The molecule has 0 bridgehead atoms. The maximum absolute atomic E-state index is 12.9. The normalized spacial score (nSPS) is 17.9. The van der Waals surface area contributed by atoms with E-state index in [0.717, 1.165) is 64.3 Å². The standard InChI is InChI=1S/C27H35N3O4/c1-21(2)19-34-25-9-4-3-7-23(25)18-28-13-10-27(11-14-28)12-15-29(20-27)26(31)17-22-6-5-8-24(16-22)30(32)33/h3-9,16,21H,10-15,17-20H2,1-2H3. The Bertz CT molecular complexity index is 1010. The fourth-order valence-electron chi connectivity index (χ4n) is 5.08. The summed E-state index contributed by atoms with van der Waals surface area (Å²) in [5, 5.41) is 11.0. The van der Waals surface area contributed by atoms with Crippen molar-refractivity contribution < 1.29 is 14.5 Å². The van der Waals surface area contributed by atoms with Crippen molar-refractivity contribution in [2.45, 2.75) is 46.1 Å². The molecule has 2 aliphatic heterocycles. The summed E-state index contributed by atoms with van der Waals surface area (Å²) in [5.74, 6) is 1.54. The second-order valence-electron chi connectivity index (χ2n) is 10.3. The number of rotatable bonds is 8. The van der Waals surface area contributed by atoms with E-state index in [9.17, 15) is 14.9 Å². The monoisotopic (exact) mass is 465 g/mol. The Kier molecular flexibility index (Phi) is 7.51. The lowest BCUT2D eigenvalue weighted by Crippen LogP contribution is -2.42. The van der Waals surface area contributed by atoms with E-state index in [-0.39, 0.29) is 23.4 Å². The van der Waals surface area contributed by atoms with E-state index in [4.69, 9.17) is 4.74 Å². The van der Waals surface area contributed by atoms with E-state index in [0.29, 0.717) is 11.5 Å². The molecule has 2 fully saturated rings. The van der Waals surface area contributed by atoms with Gasteiger partial charge in [0.25, 0.3) is 5.69 Å². The van der Waals surface area contributed by atoms with Gasteiger partial charge in [-0.1, -0.05) is 44.2 Å². The van der Waals surface area contributed by atoms with E-state index >= 15 is 0 Å². The van der Waals surface area contributed by atoms with Crippen LogP contribution in [0.25, 0.3) is 0 Å². The summed E-state index contributed by atoms with van der Waals surface area (Å²) >= 11 is 0. The lowest BCUT2D eigenvalue weighted by atomic mass is 9.77. The van der Waals surface area contributed by atoms with E-state index in [1.165, 1.54) is 17.7 Å². The van der Waals surface area contributed by atoms with Crippen LogP contribution in [0.1, 0.15) is 44.2 Å². The summed E-state index contributed by atoms with van der Waals surface area (Å²) < 4.78 is 6.03. The molecule has 2 aliphatic rings. The molecule has 0 aliphatic carbocycles. The average molecular weight is 466 g/mol. The first-order valence-electron chi connectivity index (χ1n) is 12.3. The smallest absolute Gasteiger partial charge is 0.269 e. The number of piperidine rings is 1. The van der Waals surface area contributed by atoms with Gasteiger partial charge in [0.15, 0.2) is 0 Å². The highest BCUT2D eigenvalue weighted by Crippen LogP contribution is 2.41. The zero-order valence-electron chi connectivity index (χ0n) is 20.2. The van der Waals surface area contributed by atoms with Crippen molar-refractivity contribution in [2.24, 2.45) is 11.3 Å². The van der Waals surface area contributed by atoms with Crippen molar-refractivity contribution in [1.29, 1.82) is 0 Å². The molecule has 34 heavy (non-hydrogen) atoms. The predicted molar refractivity (Wildman–Crippen MR) is 132 cm³/mol. The number of carbonyl (C=O) groups is 1. The molecule has 0 N–H and O–H groups in total. The number of nitrogens with zero attached hydrogens (tertiary/aromatic N) is 3. The summed E-state index contributed by atoms with van der Waals surface area (Å²) in [6, 6.07) is 14.7. The Hall–Kier alpha value is -2.93. The average Bonchev–Trinajstić information content (AvgIpc) is 3.24. The number of likely N-dealkylation sites (tertiary alicyclic amines) is 2. The minimum Gasteiger partial charge on any atom is -0.493 e. The molecule has 2 saturated heterocycles. The second-order valence-corrected chi connectivity index (χ2v) is 10.3. The van der Waals surface area contributed by atoms with E-state index < -0.39 is 4.92 Å². The molecule has 0 radical (unpaired) electrons. The first kappa shape index (κ1) is 24.2. The van der Waals surface area contributed by atoms with Gasteiger partial charge >= 0.3 is 0 Å². The lowest BCUT2D eigenvalue weighted by molar-refractivity contribution is -0.384. The molecule has 7 nitrogen and oxygen atoms in total. The molecule has 4 rings (SSSR count). The number of nitro groups is 1. The van der Waals surface area contributed by atoms with Crippen LogP contribution in [0.3, 0.4) is 0 Å². The molecular formula is C27H35N3O4. The molecule has 7 heteroatoms. The number of ether oxygens (including phenoxy) is 1. The fourth-order valence-corrected chi connectivity index (χ4v) is 5.08. The SMILES string of the molecule is CC(C)COc1ccccc1CN1CCC2(CC1)CCN(C(=O)Cc1cccc([N+](=O)[O-])c1)C2. The number of non-ortho nitro benzene ring substituents is 1. The Morgan fingerprint density at radius 2 is 1.82 bits per heavy atom. The van der Waals surface area contributed by atoms with Gasteiger partial charge in [-0.2, -0.15) is 0 Å². The summed E-state index contributed by atoms with van der Waals surface area (Å²) in [6.07, 6.45) is 3.43. The van der Waals surface area contributed by atoms with Gasteiger partial charge in [-0.25, -0.2) is 0 Å². The molecule has 1 amide bonds. The molecule has 0 unspecified atom stereocenters. The van der Waals surface area contributed by atoms with Crippen LogP contribution in [0.4, 0.5) is 5.69 Å². The van der Waals surface area contributed by atoms with Crippen molar-refractivity contribution in [1.82, 2.24) is 9.80 Å². The van der Waals surface area contributed by atoms with Gasteiger partial charge in [0, 0.05) is 37.3 Å². The van der Waals surface area contributed by atoms with Crippen LogP contribution in [0.2, 0.25) is 0 Å². The van der Waals surface area contributed by atoms with Crippen LogP contribution in [-0.2, 0) is 17.8 Å². The largest absolute Gasteiger partial charge is 0.493 e. The van der Waals surface area contributed by atoms with Gasteiger partial charge in [-0.15, -0.1) is 0 Å². The molecule has 2 aromatic rings. The molecule has 182 valence electrons. The summed E-state index contributed by atoms with van der Waals surface area (Å²) in [5.41, 5.74) is 2.17. The number of benzene rings is 2. The molecular weight excluding hydrogens is 430 g/mol. The van der Waals surface area contributed by atoms with E-state index in [2.05, 4.69) is 36.9 Å². The third-order valence-corrected chi connectivity index (χ3v) is 7.12. The van der Waals surface area contributed by atoms with Crippen molar-refractivity contribution in [3.8, 4) is 5.75 Å². The highest BCUT2D eigenvalue weighted by atomic mass is 16.6. The lowest BCUT2D eigenvalue weighted by Gasteiger charge is -2.39. The first-order chi connectivity index (χ1) is 16.3. The maximum Gasteiger partial charge on any atom is 0.269 e. The topological polar surface area (TPSA) is 75.9 Å². The van der Waals surface area contributed by atoms with Gasteiger partial charge in [0.2, 0.25) is 5.91 Å². The van der Waals surface area contributed by atoms with Crippen LogP contribution in [0.5, 0.6) is 5.75 Å². The third kappa shape index (κ3) is 5.95. The van der Waals surface area contributed by atoms with Crippen LogP contribution in [0.15, 0.2) is 48.5 Å². The highest BCUT2D eigenvalue weighted by Gasteiger charge is 2.41. The van der Waals surface area contributed by atoms with Crippen molar-refractivity contribution >= 4 is 11.6 Å². The molecule has 1 spiro atoms. The van der Waals surface area contributed by atoms with Crippen LogP contribution < -0.4 is 4.74 Å². The molecule has 0 saturated carbocycles. The number of para-hydroxylation sites is 1. The van der Waals surface area contributed by atoms with Crippen molar-refractivity contribution in [3.05, 3.63) is 69.8 Å². The zero-order chi connectivity index (χ0) is 24.1. The number of carbonyl (C=O) groups excluding carboxylic acids is 1. The number of amides is 1. The first-order valence-corrected chi connectivity index (χ1v) is 12.3. The number of nitro benzene ring substituents is 1. The predicted octanol–water partition coefficient (Wildman–Crippen LogP) is 4.69. The summed E-state index contributed by atoms with van der Waals surface area (Å²) in [4.78, 5) is 28.0. The Morgan fingerprint density at radius 3 is 2.56 bits per heavy atom. The molecule has 2 heterocycles. The molecule has 0 aromatic heterocycles. The second kappa shape index (κ2) is 10.6. The Balaban J connectivity index is 1.29. The fraction of sp³-hybridized carbons (Fsp3) is 0.519. The molecule has 0 atom stereocenters. The van der Waals surface area contributed by atoms with Crippen LogP contribution in [0, 0.1) is 21.4 Å². The van der Waals surface area contributed by atoms with Gasteiger partial charge in [0.05, 0.1) is 18.0 Å². The quantitative estimate of drug-likeness (QED) is 0.418. The minimum atomic E-state index is -0.415. The van der Waals surface area contributed by atoms with Gasteiger partial charge in [-0.3, -0.25) is 19.8 Å². The van der Waals surface area contributed by atoms with Crippen molar-refractivity contribution in [3.63, 3.8) is 0 Å². The third-order valence-electron chi connectivity index (χ3n) is 7.12. The van der Waals surface area contributed by atoms with E-state index in [1.54, 1.807) is 12.1 Å². The van der Waals surface area contributed by atoms with Crippen LogP contribution in [-0.4, -0.2) is 53.4 Å². The zero-order valence-corrected chi connectivity index (χ0v) is 20.2. The summed E-state index contributed by atoms with van der Waals surface area (Å²) in [7, 11) is 0. The maximum atomic E-state index is 12.9. The van der Waals surface area contributed by atoms with E-state index in [1.807, 2.05) is 11.0 Å². The summed E-state index contributed by atoms with van der Waals surface area (Å²) in [6.45, 7) is 9.54. The number of hydrogen-bond donors (Lipinski definition) is 0. The van der Waals surface area contributed by atoms with Gasteiger partial charge in [-0.05, 0) is 55.3 Å². The van der Waals surface area contributed by atoms with Gasteiger partial charge in [0.1, 0.15) is 5.75 Å². The Labute approximate surface area is 201 Å². The number of hydrogen-bond acceptors (Lipinski definition) is 5. The Morgan fingerprint density at radius 1 is 1.09 bits per heavy atom. The van der Waals surface area contributed by atoms with Crippen molar-refractivity contribution in [2.75, 3.05) is 32.8 Å². The molecule has 2 aromatic carbocycles.